The zero-order valence-corrected chi connectivity index (χ0v) is 13.8. The minimum atomic E-state index is -0.340. The van der Waals surface area contributed by atoms with E-state index in [1.54, 1.807) is 0 Å². The Balaban J connectivity index is 2.04. The molecule has 0 saturated heterocycles. The second kappa shape index (κ2) is 7.81. The van der Waals surface area contributed by atoms with Crippen LogP contribution in [-0.2, 0) is 6.42 Å². The van der Waals surface area contributed by atoms with Crippen LogP contribution in [0, 0.1) is 0 Å². The summed E-state index contributed by atoms with van der Waals surface area (Å²) in [6.07, 6.45) is 2.84. The average molecular weight is 290 g/mol. The van der Waals surface area contributed by atoms with Crippen LogP contribution in [0.1, 0.15) is 50.8 Å². The number of rotatable bonds is 7. The van der Waals surface area contributed by atoms with Crippen LogP contribution in [-0.4, -0.2) is 42.7 Å². The van der Waals surface area contributed by atoms with Crippen molar-refractivity contribution in [3.8, 4) is 0 Å². The first-order valence-corrected chi connectivity index (χ1v) is 8.47. The van der Waals surface area contributed by atoms with E-state index in [0.29, 0.717) is 0 Å². The van der Waals surface area contributed by atoms with Crippen molar-refractivity contribution >= 4 is 5.69 Å². The Bertz CT molecular complexity index is 443. The van der Waals surface area contributed by atoms with Crippen molar-refractivity contribution in [2.24, 2.45) is 0 Å². The number of anilines is 1. The van der Waals surface area contributed by atoms with Gasteiger partial charge < -0.3 is 14.9 Å². The van der Waals surface area contributed by atoms with E-state index in [2.05, 4.69) is 48.8 Å². The number of hydrogen-bond donors (Lipinski definition) is 1. The van der Waals surface area contributed by atoms with Crippen LogP contribution in [0.5, 0.6) is 0 Å². The summed E-state index contributed by atoms with van der Waals surface area (Å²) in [5.41, 5.74) is 3.85. The maximum absolute atomic E-state index is 10.4. The maximum Gasteiger partial charge on any atom is 0.0802 e. The normalized spacial score (nSPS) is 16.1. The Morgan fingerprint density at radius 2 is 2.00 bits per heavy atom. The first kappa shape index (κ1) is 16.3. The molecule has 1 N–H and O–H groups in total. The lowest BCUT2D eigenvalue weighted by molar-refractivity contribution is 0.145. The SMILES string of the molecule is CCN(CC)CCC(O)c1ccc2c(c1)CCCN2CC. The maximum atomic E-state index is 10.4. The predicted molar refractivity (Wildman–Crippen MR) is 90.0 cm³/mol. The van der Waals surface area contributed by atoms with E-state index in [1.165, 1.54) is 17.7 Å². The van der Waals surface area contributed by atoms with E-state index in [0.717, 1.165) is 51.1 Å². The molecule has 3 heteroatoms. The van der Waals surface area contributed by atoms with Gasteiger partial charge in [-0.3, -0.25) is 0 Å². The molecule has 0 bridgehead atoms. The second-order valence-electron chi connectivity index (χ2n) is 5.90. The van der Waals surface area contributed by atoms with Gasteiger partial charge in [-0.15, -0.1) is 0 Å². The van der Waals surface area contributed by atoms with Crippen LogP contribution in [0.25, 0.3) is 0 Å². The molecule has 1 unspecified atom stereocenters. The fourth-order valence-corrected chi connectivity index (χ4v) is 3.24. The summed E-state index contributed by atoms with van der Waals surface area (Å²) in [4.78, 5) is 4.80. The third-order valence-corrected chi connectivity index (χ3v) is 4.70. The largest absolute Gasteiger partial charge is 0.388 e. The van der Waals surface area contributed by atoms with Gasteiger partial charge in [0.15, 0.2) is 0 Å². The molecule has 21 heavy (non-hydrogen) atoms. The monoisotopic (exact) mass is 290 g/mol. The van der Waals surface area contributed by atoms with Crippen LogP contribution >= 0.6 is 0 Å². The van der Waals surface area contributed by atoms with Crippen LogP contribution in [0.2, 0.25) is 0 Å². The summed E-state index contributed by atoms with van der Waals surface area (Å²) >= 11 is 0. The van der Waals surface area contributed by atoms with E-state index in [9.17, 15) is 5.11 Å². The van der Waals surface area contributed by atoms with Crippen molar-refractivity contribution in [2.45, 2.75) is 46.1 Å². The van der Waals surface area contributed by atoms with Gasteiger partial charge >= 0.3 is 0 Å². The molecule has 1 aliphatic heterocycles. The Morgan fingerprint density at radius 3 is 2.67 bits per heavy atom. The molecule has 1 aliphatic rings. The van der Waals surface area contributed by atoms with Crippen molar-refractivity contribution in [3.05, 3.63) is 29.3 Å². The van der Waals surface area contributed by atoms with E-state index >= 15 is 0 Å². The first-order valence-electron chi connectivity index (χ1n) is 8.47. The van der Waals surface area contributed by atoms with Crippen LogP contribution in [0.15, 0.2) is 18.2 Å². The third kappa shape index (κ3) is 3.98. The fourth-order valence-electron chi connectivity index (χ4n) is 3.24. The summed E-state index contributed by atoms with van der Waals surface area (Å²) < 4.78 is 0. The Hall–Kier alpha value is -1.06. The summed E-state index contributed by atoms with van der Waals surface area (Å²) in [5.74, 6) is 0. The summed E-state index contributed by atoms with van der Waals surface area (Å²) in [6.45, 7) is 11.9. The fraction of sp³-hybridized carbons (Fsp3) is 0.667. The standard InChI is InChI=1S/C18H30N2O/c1-4-19(5-2)13-11-18(21)16-9-10-17-15(14-16)8-7-12-20(17)6-3/h9-10,14,18,21H,4-8,11-13H2,1-3H3. The van der Waals surface area contributed by atoms with Gasteiger partial charge in [0, 0.05) is 25.3 Å². The molecule has 0 spiro atoms. The molecular weight excluding hydrogens is 260 g/mol. The zero-order chi connectivity index (χ0) is 15.2. The lowest BCUT2D eigenvalue weighted by Crippen LogP contribution is -2.29. The molecule has 1 aromatic rings. The van der Waals surface area contributed by atoms with Gasteiger partial charge in [0.25, 0.3) is 0 Å². The van der Waals surface area contributed by atoms with Gasteiger partial charge in [-0.05, 0) is 56.5 Å². The van der Waals surface area contributed by atoms with Crippen LogP contribution in [0.3, 0.4) is 0 Å². The summed E-state index contributed by atoms with van der Waals surface area (Å²) in [6, 6.07) is 6.54. The molecule has 0 saturated carbocycles. The van der Waals surface area contributed by atoms with Crippen molar-refractivity contribution in [1.82, 2.24) is 4.90 Å². The highest BCUT2D eigenvalue weighted by Gasteiger charge is 2.17. The minimum absolute atomic E-state index is 0.340. The zero-order valence-electron chi connectivity index (χ0n) is 13.8. The highest BCUT2D eigenvalue weighted by molar-refractivity contribution is 5.57. The van der Waals surface area contributed by atoms with Crippen molar-refractivity contribution < 1.29 is 5.11 Å². The number of aliphatic hydroxyl groups excluding tert-OH is 1. The number of hydrogen-bond acceptors (Lipinski definition) is 3. The molecule has 1 aromatic carbocycles. The number of benzene rings is 1. The highest BCUT2D eigenvalue weighted by atomic mass is 16.3. The predicted octanol–water partition coefficient (Wildman–Crippen LogP) is 3.22. The summed E-state index contributed by atoms with van der Waals surface area (Å²) in [7, 11) is 0. The molecule has 1 heterocycles. The molecule has 0 aliphatic carbocycles. The smallest absolute Gasteiger partial charge is 0.0802 e. The molecule has 0 amide bonds. The number of aryl methyl sites for hydroxylation is 1. The topological polar surface area (TPSA) is 26.7 Å². The van der Waals surface area contributed by atoms with Gasteiger partial charge in [-0.1, -0.05) is 26.0 Å². The van der Waals surface area contributed by atoms with E-state index in [-0.39, 0.29) is 6.10 Å². The lowest BCUT2D eigenvalue weighted by atomic mass is 9.96. The van der Waals surface area contributed by atoms with E-state index in [1.807, 2.05) is 0 Å². The van der Waals surface area contributed by atoms with Crippen molar-refractivity contribution in [3.63, 3.8) is 0 Å². The molecule has 118 valence electrons. The number of nitrogens with zero attached hydrogens (tertiary/aromatic N) is 2. The lowest BCUT2D eigenvalue weighted by Gasteiger charge is -2.31. The summed E-state index contributed by atoms with van der Waals surface area (Å²) in [5, 5.41) is 10.4. The van der Waals surface area contributed by atoms with Gasteiger partial charge in [-0.25, -0.2) is 0 Å². The van der Waals surface area contributed by atoms with Gasteiger partial charge in [0.2, 0.25) is 0 Å². The Labute approximate surface area is 129 Å². The average Bonchev–Trinajstić information content (AvgIpc) is 2.54. The van der Waals surface area contributed by atoms with Crippen LogP contribution in [0.4, 0.5) is 5.69 Å². The molecule has 0 radical (unpaired) electrons. The van der Waals surface area contributed by atoms with E-state index < -0.39 is 0 Å². The molecule has 2 rings (SSSR count). The number of aliphatic hydroxyl groups is 1. The van der Waals surface area contributed by atoms with Gasteiger partial charge in [-0.2, -0.15) is 0 Å². The third-order valence-electron chi connectivity index (χ3n) is 4.70. The molecular formula is C18H30N2O. The Morgan fingerprint density at radius 1 is 1.24 bits per heavy atom. The van der Waals surface area contributed by atoms with Gasteiger partial charge in [0.05, 0.1) is 6.10 Å². The molecule has 3 nitrogen and oxygen atoms in total. The van der Waals surface area contributed by atoms with Crippen LogP contribution < -0.4 is 4.90 Å². The molecule has 1 atom stereocenters. The first-order chi connectivity index (χ1) is 10.2. The molecule has 0 fully saturated rings. The van der Waals surface area contributed by atoms with Gasteiger partial charge in [0.1, 0.15) is 0 Å². The number of fused-ring (bicyclic) bond motifs is 1. The van der Waals surface area contributed by atoms with E-state index in [4.69, 9.17) is 0 Å². The minimum Gasteiger partial charge on any atom is -0.388 e. The second-order valence-corrected chi connectivity index (χ2v) is 5.90. The Kier molecular flexibility index (Phi) is 6.07. The van der Waals surface area contributed by atoms with Crippen molar-refractivity contribution in [1.29, 1.82) is 0 Å². The van der Waals surface area contributed by atoms with Crippen molar-refractivity contribution in [2.75, 3.05) is 37.6 Å². The quantitative estimate of drug-likeness (QED) is 0.835. The molecule has 0 aromatic heterocycles. The highest BCUT2D eigenvalue weighted by Crippen LogP contribution is 2.30.